The fraction of sp³-hybridized carbons (Fsp3) is 0.588. The van der Waals surface area contributed by atoms with Gasteiger partial charge in [-0.2, -0.15) is 0 Å². The molecule has 3 nitrogen and oxygen atoms in total. The summed E-state index contributed by atoms with van der Waals surface area (Å²) in [5.74, 6) is 0.146. The van der Waals surface area contributed by atoms with Crippen LogP contribution in [0.4, 0.5) is 0 Å². The van der Waals surface area contributed by atoms with E-state index < -0.39 is 0 Å². The summed E-state index contributed by atoms with van der Waals surface area (Å²) in [6.45, 7) is 3.04. The zero-order valence-electron chi connectivity index (χ0n) is 12.2. The molecule has 0 spiro atoms. The molecule has 2 atom stereocenters. The number of aryl methyl sites for hydroxylation is 2. The molecule has 1 heterocycles. The third-order valence-corrected chi connectivity index (χ3v) is 4.61. The molecule has 1 amide bonds. The molecule has 2 N–H and O–H groups in total. The Labute approximate surface area is 121 Å². The lowest BCUT2D eigenvalue weighted by molar-refractivity contribution is -0.123. The third kappa shape index (κ3) is 2.88. The van der Waals surface area contributed by atoms with Gasteiger partial charge in [0.25, 0.3) is 0 Å². The molecular weight excluding hydrogens is 248 g/mol. The molecule has 20 heavy (non-hydrogen) atoms. The summed E-state index contributed by atoms with van der Waals surface area (Å²) in [6.07, 6.45) is 7.07. The Balaban J connectivity index is 1.67. The number of rotatable bonds is 3. The smallest absolute Gasteiger partial charge is 0.237 e. The van der Waals surface area contributed by atoms with E-state index in [2.05, 4.69) is 35.8 Å². The van der Waals surface area contributed by atoms with Gasteiger partial charge in [0, 0.05) is 0 Å². The molecule has 3 rings (SSSR count). The van der Waals surface area contributed by atoms with E-state index in [1.807, 2.05) is 0 Å². The zero-order chi connectivity index (χ0) is 13.9. The van der Waals surface area contributed by atoms with Crippen molar-refractivity contribution in [3.8, 4) is 0 Å². The summed E-state index contributed by atoms with van der Waals surface area (Å²) < 4.78 is 0. The maximum absolute atomic E-state index is 12.1. The van der Waals surface area contributed by atoms with E-state index in [1.54, 1.807) is 0 Å². The first-order valence-corrected chi connectivity index (χ1v) is 7.89. The molecule has 108 valence electrons. The van der Waals surface area contributed by atoms with Gasteiger partial charge in [0.1, 0.15) is 0 Å². The van der Waals surface area contributed by atoms with Crippen LogP contribution in [-0.2, 0) is 17.6 Å². The van der Waals surface area contributed by atoms with Gasteiger partial charge in [-0.25, -0.2) is 0 Å². The summed E-state index contributed by atoms with van der Waals surface area (Å²) in [5, 5.41) is 6.39. The Kier molecular flexibility index (Phi) is 4.06. The normalized spacial score (nSPS) is 23.1. The second kappa shape index (κ2) is 5.96. The first kappa shape index (κ1) is 13.6. The molecule has 0 radical (unpaired) electrons. The Hall–Kier alpha value is -1.35. The molecular formula is C17H24N2O. The molecule has 1 aliphatic carbocycles. The van der Waals surface area contributed by atoms with Gasteiger partial charge >= 0.3 is 0 Å². The summed E-state index contributed by atoms with van der Waals surface area (Å²) in [5.41, 5.74) is 4.21. The Bertz CT molecular complexity index is 492. The van der Waals surface area contributed by atoms with E-state index in [0.717, 1.165) is 19.4 Å². The number of fused-ring (bicyclic) bond motifs is 1. The number of benzene rings is 1. The van der Waals surface area contributed by atoms with E-state index in [4.69, 9.17) is 0 Å². The van der Waals surface area contributed by atoms with E-state index in [9.17, 15) is 4.79 Å². The predicted octanol–water partition coefficient (Wildman–Crippen LogP) is 2.49. The number of carbonyl (C=O) groups excluding carboxylic acids is 1. The van der Waals surface area contributed by atoms with Gasteiger partial charge in [-0.3, -0.25) is 4.79 Å². The van der Waals surface area contributed by atoms with Crippen molar-refractivity contribution in [1.82, 2.24) is 10.6 Å². The zero-order valence-corrected chi connectivity index (χ0v) is 12.2. The predicted molar refractivity (Wildman–Crippen MR) is 80.7 cm³/mol. The second-order valence-corrected chi connectivity index (χ2v) is 6.11. The second-order valence-electron chi connectivity index (χ2n) is 6.11. The maximum atomic E-state index is 12.1. The number of hydrogen-bond donors (Lipinski definition) is 2. The highest BCUT2D eigenvalue weighted by Gasteiger charge is 2.23. The summed E-state index contributed by atoms with van der Waals surface area (Å²) in [6, 6.07) is 6.83. The van der Waals surface area contributed by atoms with Crippen molar-refractivity contribution in [3.05, 3.63) is 34.9 Å². The average molecular weight is 272 g/mol. The molecule has 0 bridgehead atoms. The number of hydrogen-bond acceptors (Lipinski definition) is 2. The van der Waals surface area contributed by atoms with Gasteiger partial charge in [0.05, 0.1) is 12.1 Å². The Morgan fingerprint density at radius 2 is 2.05 bits per heavy atom. The molecule has 2 aliphatic rings. The lowest BCUT2D eigenvalue weighted by Gasteiger charge is -2.21. The Morgan fingerprint density at radius 3 is 2.80 bits per heavy atom. The monoisotopic (exact) mass is 272 g/mol. The van der Waals surface area contributed by atoms with Crippen LogP contribution in [0.25, 0.3) is 0 Å². The van der Waals surface area contributed by atoms with Crippen LogP contribution in [0.3, 0.4) is 0 Å². The lowest BCUT2D eigenvalue weighted by Crippen LogP contribution is -2.41. The molecule has 1 saturated heterocycles. The van der Waals surface area contributed by atoms with Crippen LogP contribution in [-0.4, -0.2) is 18.5 Å². The molecule has 0 aromatic heterocycles. The van der Waals surface area contributed by atoms with Crippen molar-refractivity contribution in [2.45, 2.75) is 57.5 Å². The van der Waals surface area contributed by atoms with Gasteiger partial charge in [-0.15, -0.1) is 0 Å². The molecule has 1 aromatic carbocycles. The van der Waals surface area contributed by atoms with E-state index >= 15 is 0 Å². The summed E-state index contributed by atoms with van der Waals surface area (Å²) in [4.78, 5) is 12.1. The topological polar surface area (TPSA) is 41.1 Å². The van der Waals surface area contributed by atoms with Gasteiger partial charge in [-0.05, 0) is 68.7 Å². The van der Waals surface area contributed by atoms with Crippen LogP contribution in [0.15, 0.2) is 18.2 Å². The SMILES string of the molecule is CC(NC(=O)[C@@H]1CCCN1)c1ccc2c(c1)CCCC2. The van der Waals surface area contributed by atoms with Crippen molar-refractivity contribution in [1.29, 1.82) is 0 Å². The van der Waals surface area contributed by atoms with Crippen LogP contribution >= 0.6 is 0 Å². The summed E-state index contributed by atoms with van der Waals surface area (Å²) >= 11 is 0. The quantitative estimate of drug-likeness (QED) is 0.887. The van der Waals surface area contributed by atoms with Crippen LogP contribution < -0.4 is 10.6 Å². The standard InChI is InChI=1S/C17H24N2O/c1-12(19-17(20)16-7-4-10-18-16)14-9-8-13-5-2-3-6-15(13)11-14/h8-9,11-12,16,18H,2-7,10H2,1H3,(H,19,20)/t12?,16-/m0/s1. The fourth-order valence-corrected chi connectivity index (χ4v) is 3.33. The lowest BCUT2D eigenvalue weighted by atomic mass is 9.89. The minimum Gasteiger partial charge on any atom is -0.348 e. The molecule has 1 aliphatic heterocycles. The van der Waals surface area contributed by atoms with Crippen molar-refractivity contribution in [2.75, 3.05) is 6.54 Å². The van der Waals surface area contributed by atoms with Gasteiger partial charge in [0.2, 0.25) is 5.91 Å². The van der Waals surface area contributed by atoms with Crippen LogP contribution in [0.1, 0.15) is 55.3 Å². The molecule has 3 heteroatoms. The largest absolute Gasteiger partial charge is 0.348 e. The molecule has 1 unspecified atom stereocenters. The first-order valence-electron chi connectivity index (χ1n) is 7.89. The highest BCUT2D eigenvalue weighted by molar-refractivity contribution is 5.82. The highest BCUT2D eigenvalue weighted by atomic mass is 16.2. The maximum Gasteiger partial charge on any atom is 0.237 e. The van der Waals surface area contributed by atoms with E-state index in [0.29, 0.717) is 0 Å². The molecule has 1 fully saturated rings. The molecule has 0 saturated carbocycles. The Morgan fingerprint density at radius 1 is 1.25 bits per heavy atom. The number of amides is 1. The van der Waals surface area contributed by atoms with Crippen molar-refractivity contribution >= 4 is 5.91 Å². The van der Waals surface area contributed by atoms with E-state index in [1.165, 1.54) is 42.4 Å². The van der Waals surface area contributed by atoms with Crippen molar-refractivity contribution in [2.24, 2.45) is 0 Å². The number of nitrogens with one attached hydrogen (secondary N) is 2. The third-order valence-electron chi connectivity index (χ3n) is 4.61. The fourth-order valence-electron chi connectivity index (χ4n) is 3.33. The van der Waals surface area contributed by atoms with Gasteiger partial charge < -0.3 is 10.6 Å². The summed E-state index contributed by atoms with van der Waals surface area (Å²) in [7, 11) is 0. The van der Waals surface area contributed by atoms with Crippen LogP contribution in [0.2, 0.25) is 0 Å². The highest BCUT2D eigenvalue weighted by Crippen LogP contribution is 2.24. The van der Waals surface area contributed by atoms with Crippen LogP contribution in [0.5, 0.6) is 0 Å². The molecule has 1 aromatic rings. The van der Waals surface area contributed by atoms with Crippen molar-refractivity contribution < 1.29 is 4.79 Å². The van der Waals surface area contributed by atoms with Crippen molar-refractivity contribution in [3.63, 3.8) is 0 Å². The average Bonchev–Trinajstić information content (AvgIpc) is 3.01. The minimum atomic E-state index is 0.00933. The number of carbonyl (C=O) groups is 1. The van der Waals surface area contributed by atoms with Gasteiger partial charge in [0.15, 0.2) is 0 Å². The first-order chi connectivity index (χ1) is 9.74. The minimum absolute atomic E-state index is 0.00933. The van der Waals surface area contributed by atoms with Gasteiger partial charge in [-0.1, -0.05) is 18.2 Å². The van der Waals surface area contributed by atoms with Crippen LogP contribution in [0, 0.1) is 0 Å². The van der Waals surface area contributed by atoms with E-state index in [-0.39, 0.29) is 18.0 Å².